The molecule has 1 aromatic carbocycles. The molecule has 2 aliphatic rings. The second-order valence-corrected chi connectivity index (χ2v) is 9.88. The number of likely N-dealkylation sites (tertiary alicyclic amines) is 1. The standard InChI is InChI=1S/C27H30ClFN4O4/c1-15(22-21(35-3)7-6-19(29)23(22)28)37-25-24-17(13-31-26(25)30)18(14-36-24)16-8-11-33(12-9-16)27(34)20-5-4-10-32(20)2/h6-8,13-15,20H,4-5,9-12H2,1-3H3,(H2,30,31)/t15-,20+/m1/s1. The predicted octanol–water partition coefficient (Wildman–Crippen LogP) is 5.06. The lowest BCUT2D eigenvalue weighted by molar-refractivity contribution is -0.135. The number of hydrogen-bond acceptors (Lipinski definition) is 7. The normalized spacial score (nSPS) is 19.2. The minimum atomic E-state index is -0.705. The fraction of sp³-hybridized carbons (Fsp3) is 0.407. The van der Waals surface area contributed by atoms with E-state index in [0.29, 0.717) is 36.4 Å². The summed E-state index contributed by atoms with van der Waals surface area (Å²) in [6.07, 6.45) is 7.34. The van der Waals surface area contributed by atoms with Crippen LogP contribution in [0.1, 0.15) is 43.4 Å². The maximum absolute atomic E-state index is 14.2. The fourth-order valence-corrected chi connectivity index (χ4v) is 5.54. The second kappa shape index (κ2) is 10.2. The van der Waals surface area contributed by atoms with Crippen molar-refractivity contribution in [1.82, 2.24) is 14.8 Å². The van der Waals surface area contributed by atoms with Crippen molar-refractivity contribution in [1.29, 1.82) is 0 Å². The number of carbonyl (C=O) groups excluding carboxylic acids is 1. The van der Waals surface area contributed by atoms with Gasteiger partial charge in [0.2, 0.25) is 11.7 Å². The number of amides is 1. The van der Waals surface area contributed by atoms with Crippen LogP contribution in [0, 0.1) is 5.82 Å². The number of likely N-dealkylation sites (N-methyl/N-ethyl adjacent to an activating group) is 1. The average molecular weight is 529 g/mol. The molecule has 3 aromatic rings. The maximum Gasteiger partial charge on any atom is 0.240 e. The van der Waals surface area contributed by atoms with Gasteiger partial charge in [0, 0.05) is 24.8 Å². The van der Waals surface area contributed by atoms with Crippen LogP contribution < -0.4 is 15.2 Å². The zero-order valence-electron chi connectivity index (χ0n) is 21.1. The molecular weight excluding hydrogens is 499 g/mol. The van der Waals surface area contributed by atoms with Crippen molar-refractivity contribution < 1.29 is 23.1 Å². The Labute approximate surface area is 219 Å². The van der Waals surface area contributed by atoms with Gasteiger partial charge >= 0.3 is 0 Å². The van der Waals surface area contributed by atoms with E-state index in [1.165, 1.54) is 19.2 Å². The van der Waals surface area contributed by atoms with Crippen molar-refractivity contribution >= 4 is 39.9 Å². The number of hydrogen-bond donors (Lipinski definition) is 1. The van der Waals surface area contributed by atoms with Gasteiger partial charge in [-0.25, -0.2) is 9.37 Å². The van der Waals surface area contributed by atoms with Crippen molar-refractivity contribution in [2.24, 2.45) is 0 Å². The van der Waals surface area contributed by atoms with Crippen LogP contribution in [-0.2, 0) is 4.79 Å². The van der Waals surface area contributed by atoms with E-state index < -0.39 is 11.9 Å². The van der Waals surface area contributed by atoms with E-state index in [2.05, 4.69) is 16.0 Å². The number of ether oxygens (including phenoxy) is 2. The zero-order chi connectivity index (χ0) is 26.3. The first kappa shape index (κ1) is 25.4. The van der Waals surface area contributed by atoms with Gasteiger partial charge < -0.3 is 24.5 Å². The first-order valence-corrected chi connectivity index (χ1v) is 12.7. The van der Waals surface area contributed by atoms with Gasteiger partial charge in [-0.15, -0.1) is 0 Å². The number of furan rings is 1. The molecule has 2 N–H and O–H groups in total. The van der Waals surface area contributed by atoms with E-state index in [-0.39, 0.29) is 28.5 Å². The molecule has 0 radical (unpaired) electrons. The van der Waals surface area contributed by atoms with Crippen molar-refractivity contribution in [3.05, 3.63) is 52.6 Å². The fourth-order valence-electron chi connectivity index (χ4n) is 5.23. The number of halogens is 2. The third-order valence-electron chi connectivity index (χ3n) is 7.29. The molecule has 0 saturated carbocycles. The Morgan fingerprint density at radius 3 is 2.84 bits per heavy atom. The number of nitrogens with zero attached hydrogens (tertiary/aromatic N) is 3. The third-order valence-corrected chi connectivity index (χ3v) is 7.67. The molecule has 10 heteroatoms. The number of nitrogen functional groups attached to an aromatic ring is 1. The molecule has 2 atom stereocenters. The summed E-state index contributed by atoms with van der Waals surface area (Å²) < 4.78 is 31.6. The molecule has 1 fully saturated rings. The molecule has 1 amide bonds. The number of fused-ring (bicyclic) bond motifs is 1. The Balaban J connectivity index is 1.40. The van der Waals surface area contributed by atoms with Crippen molar-refractivity contribution in [3.63, 3.8) is 0 Å². The summed E-state index contributed by atoms with van der Waals surface area (Å²) in [5, 5.41) is 0.663. The van der Waals surface area contributed by atoms with Gasteiger partial charge in [-0.1, -0.05) is 17.7 Å². The van der Waals surface area contributed by atoms with Gasteiger partial charge in [0.15, 0.2) is 11.4 Å². The molecule has 37 heavy (non-hydrogen) atoms. The highest BCUT2D eigenvalue weighted by atomic mass is 35.5. The van der Waals surface area contributed by atoms with Gasteiger partial charge in [-0.3, -0.25) is 9.69 Å². The van der Waals surface area contributed by atoms with E-state index in [1.807, 2.05) is 11.9 Å². The van der Waals surface area contributed by atoms with Crippen LogP contribution >= 0.6 is 11.6 Å². The van der Waals surface area contributed by atoms with Crippen LogP contribution in [0.2, 0.25) is 5.02 Å². The van der Waals surface area contributed by atoms with Gasteiger partial charge in [0.05, 0.1) is 35.4 Å². The number of benzene rings is 1. The molecule has 2 aliphatic heterocycles. The molecule has 0 unspecified atom stereocenters. The van der Waals surface area contributed by atoms with Crippen LogP contribution in [0.25, 0.3) is 16.5 Å². The highest BCUT2D eigenvalue weighted by Crippen LogP contribution is 2.42. The summed E-state index contributed by atoms with van der Waals surface area (Å²) in [6.45, 7) is 3.88. The van der Waals surface area contributed by atoms with Crippen LogP contribution in [0.15, 0.2) is 35.1 Å². The Morgan fingerprint density at radius 2 is 2.16 bits per heavy atom. The Kier molecular flexibility index (Phi) is 7.00. The number of aromatic nitrogens is 1. The van der Waals surface area contributed by atoms with Crippen molar-refractivity contribution in [3.8, 4) is 11.5 Å². The molecule has 5 rings (SSSR count). The topological polar surface area (TPSA) is 94.1 Å². The number of pyridine rings is 1. The molecule has 0 spiro atoms. The summed E-state index contributed by atoms with van der Waals surface area (Å²) in [5.74, 6) is 0.401. The quantitative estimate of drug-likeness (QED) is 0.478. The zero-order valence-corrected chi connectivity index (χ0v) is 21.8. The van der Waals surface area contributed by atoms with Gasteiger partial charge in [-0.05, 0) is 57.5 Å². The molecule has 0 bridgehead atoms. The van der Waals surface area contributed by atoms with Gasteiger partial charge in [0.1, 0.15) is 17.7 Å². The number of carbonyl (C=O) groups is 1. The van der Waals surface area contributed by atoms with Crippen LogP contribution in [0.4, 0.5) is 10.2 Å². The summed E-state index contributed by atoms with van der Waals surface area (Å²) in [7, 11) is 3.49. The minimum absolute atomic E-state index is 0.0243. The minimum Gasteiger partial charge on any atom is -0.496 e. The molecule has 1 saturated heterocycles. The first-order chi connectivity index (χ1) is 17.8. The van der Waals surface area contributed by atoms with Crippen LogP contribution in [0.3, 0.4) is 0 Å². The predicted molar refractivity (Wildman–Crippen MR) is 140 cm³/mol. The number of methoxy groups -OCH3 is 1. The van der Waals surface area contributed by atoms with Crippen molar-refractivity contribution in [2.75, 3.05) is 39.5 Å². The first-order valence-electron chi connectivity index (χ1n) is 12.3. The highest BCUT2D eigenvalue weighted by Gasteiger charge is 2.32. The second-order valence-electron chi connectivity index (χ2n) is 9.50. The molecule has 2 aromatic heterocycles. The smallest absolute Gasteiger partial charge is 0.240 e. The summed E-state index contributed by atoms with van der Waals surface area (Å²) in [5.41, 5.74) is 8.92. The van der Waals surface area contributed by atoms with E-state index in [4.69, 9.17) is 31.2 Å². The monoisotopic (exact) mass is 528 g/mol. The number of nitrogens with two attached hydrogens (primary N) is 1. The largest absolute Gasteiger partial charge is 0.496 e. The molecule has 0 aliphatic carbocycles. The average Bonchev–Trinajstić information content (AvgIpc) is 3.53. The number of rotatable bonds is 6. The summed E-state index contributed by atoms with van der Waals surface area (Å²) in [6, 6.07) is 2.72. The molecule has 196 valence electrons. The van der Waals surface area contributed by atoms with Gasteiger partial charge in [0.25, 0.3) is 0 Å². The highest BCUT2D eigenvalue weighted by molar-refractivity contribution is 6.31. The Morgan fingerprint density at radius 1 is 1.35 bits per heavy atom. The van der Waals surface area contributed by atoms with Crippen molar-refractivity contribution in [2.45, 2.75) is 38.3 Å². The third kappa shape index (κ3) is 4.62. The number of anilines is 1. The lowest BCUT2D eigenvalue weighted by Crippen LogP contribution is -2.45. The molecule has 8 nitrogen and oxygen atoms in total. The summed E-state index contributed by atoms with van der Waals surface area (Å²) in [4.78, 5) is 21.3. The van der Waals surface area contributed by atoms with E-state index in [0.717, 1.165) is 35.9 Å². The van der Waals surface area contributed by atoms with Crippen LogP contribution in [0.5, 0.6) is 11.5 Å². The van der Waals surface area contributed by atoms with E-state index >= 15 is 0 Å². The lowest BCUT2D eigenvalue weighted by atomic mass is 9.99. The Bertz CT molecular complexity index is 1370. The molecule has 4 heterocycles. The Hall–Kier alpha value is -3.30. The van der Waals surface area contributed by atoms with Crippen LogP contribution in [-0.4, -0.2) is 60.5 Å². The SMILES string of the molecule is COc1ccc(F)c(Cl)c1[C@@H](C)Oc1c(N)ncc2c(C3=CCN(C(=O)[C@@H]4CCCN4C)CC3)coc12. The summed E-state index contributed by atoms with van der Waals surface area (Å²) >= 11 is 6.24. The lowest BCUT2D eigenvalue weighted by Gasteiger charge is -2.30. The van der Waals surface area contributed by atoms with E-state index in [1.54, 1.807) is 19.4 Å². The van der Waals surface area contributed by atoms with Gasteiger partial charge in [-0.2, -0.15) is 0 Å². The van der Waals surface area contributed by atoms with E-state index in [9.17, 15) is 9.18 Å². The maximum atomic E-state index is 14.2. The molecular formula is C27H30ClFN4O4.